The third kappa shape index (κ3) is 3.76. The largest absolute Gasteiger partial charge is 0.444 e. The van der Waals surface area contributed by atoms with Crippen LogP contribution in [0.25, 0.3) is 4.85 Å². The van der Waals surface area contributed by atoms with E-state index in [9.17, 15) is 9.59 Å². The smallest absolute Gasteiger partial charge is 0.408 e. The highest BCUT2D eigenvalue weighted by Gasteiger charge is 2.46. The number of nitrogens with one attached hydrogen (secondary N) is 1. The lowest BCUT2D eigenvalue weighted by atomic mass is 9.71. The number of carbonyl (C=O) groups excluding carboxylic acids is 2. The van der Waals surface area contributed by atoms with Gasteiger partial charge in [0.05, 0.1) is 6.57 Å². The Morgan fingerprint density at radius 3 is 2.75 bits per heavy atom. The van der Waals surface area contributed by atoms with Crippen molar-refractivity contribution in [3.8, 4) is 0 Å². The number of rotatable bonds is 2. The van der Waals surface area contributed by atoms with E-state index in [1.165, 1.54) is 0 Å². The fourth-order valence-corrected chi connectivity index (χ4v) is 3.15. The van der Waals surface area contributed by atoms with E-state index < -0.39 is 17.2 Å². The van der Waals surface area contributed by atoms with Gasteiger partial charge < -0.3 is 10.1 Å². The van der Waals surface area contributed by atoms with Crippen LogP contribution in [0, 0.1) is 12.5 Å². The number of hydrogen-bond acceptors (Lipinski definition) is 3. The van der Waals surface area contributed by atoms with Crippen LogP contribution in [0.5, 0.6) is 0 Å². The molecular formula is C19H24N2O3. The Bertz CT molecular complexity index is 685. The Hall–Kier alpha value is -2.35. The Labute approximate surface area is 143 Å². The molecule has 0 saturated heterocycles. The molecule has 1 amide bonds. The van der Waals surface area contributed by atoms with Crippen molar-refractivity contribution in [1.82, 2.24) is 5.32 Å². The van der Waals surface area contributed by atoms with Crippen LogP contribution in [0.2, 0.25) is 0 Å². The molecule has 5 heteroatoms. The molecule has 2 rings (SSSR count). The van der Waals surface area contributed by atoms with Gasteiger partial charge in [0.2, 0.25) is 0 Å². The first kappa shape index (κ1) is 18.0. The van der Waals surface area contributed by atoms with Gasteiger partial charge in [-0.3, -0.25) is 4.79 Å². The van der Waals surface area contributed by atoms with Crippen molar-refractivity contribution in [2.75, 3.05) is 0 Å². The number of nitrogens with zero attached hydrogens (tertiary/aromatic N) is 1. The Kier molecular flexibility index (Phi) is 4.98. The van der Waals surface area contributed by atoms with Crippen LogP contribution in [-0.4, -0.2) is 17.5 Å². The summed E-state index contributed by atoms with van der Waals surface area (Å²) in [5, 5.41) is 2.82. The molecule has 1 unspecified atom stereocenters. The number of hydrogen-bond donors (Lipinski definition) is 1. The maximum absolute atomic E-state index is 13.0. The molecule has 1 N–H and O–H groups in total. The highest BCUT2D eigenvalue weighted by Crippen LogP contribution is 2.38. The molecule has 1 fully saturated rings. The zero-order chi connectivity index (χ0) is 18.0. The van der Waals surface area contributed by atoms with Gasteiger partial charge in [-0.05, 0) is 45.6 Å². The van der Waals surface area contributed by atoms with E-state index in [0.717, 1.165) is 12.8 Å². The predicted molar refractivity (Wildman–Crippen MR) is 91.8 cm³/mol. The molecule has 1 saturated carbocycles. The molecule has 1 aliphatic carbocycles. The number of Topliss-reactive ketones (excluding diaryl/α,β-unsaturated/α-hetero) is 1. The Morgan fingerprint density at radius 2 is 2.12 bits per heavy atom. The van der Waals surface area contributed by atoms with Crippen molar-refractivity contribution in [3.05, 3.63) is 41.2 Å². The van der Waals surface area contributed by atoms with E-state index in [-0.39, 0.29) is 11.7 Å². The molecule has 0 bridgehead atoms. The molecule has 0 aromatic heterocycles. The topological polar surface area (TPSA) is 59.8 Å². The van der Waals surface area contributed by atoms with Crippen molar-refractivity contribution in [2.45, 2.75) is 58.1 Å². The molecule has 2 atom stereocenters. The average Bonchev–Trinajstić information content (AvgIpc) is 2.50. The summed E-state index contributed by atoms with van der Waals surface area (Å²) < 4.78 is 5.36. The summed E-state index contributed by atoms with van der Waals surface area (Å²) in [7, 11) is 0. The second kappa shape index (κ2) is 6.64. The highest BCUT2D eigenvalue weighted by molar-refractivity contribution is 5.95. The summed E-state index contributed by atoms with van der Waals surface area (Å²) in [5.41, 5.74) is -0.671. The van der Waals surface area contributed by atoms with Crippen LogP contribution in [0.3, 0.4) is 0 Å². The van der Waals surface area contributed by atoms with Crippen molar-refractivity contribution in [1.29, 1.82) is 0 Å². The van der Waals surface area contributed by atoms with Crippen LogP contribution in [0.4, 0.5) is 10.5 Å². The Balaban J connectivity index is 2.44. The molecule has 24 heavy (non-hydrogen) atoms. The minimum atomic E-state index is -1.12. The second-order valence-electron chi connectivity index (χ2n) is 7.35. The van der Waals surface area contributed by atoms with E-state index in [1.54, 1.807) is 45.0 Å². The van der Waals surface area contributed by atoms with Crippen molar-refractivity contribution >= 4 is 17.6 Å². The van der Waals surface area contributed by atoms with Gasteiger partial charge in [0.1, 0.15) is 11.1 Å². The number of ketones is 1. The SMILES string of the molecule is [C-]#[N+]c1cccc([C@]2(NC(=O)OC(C)(C)C)CCCC(C)C2=O)c1. The van der Waals surface area contributed by atoms with Crippen molar-refractivity contribution < 1.29 is 14.3 Å². The summed E-state index contributed by atoms with van der Waals surface area (Å²) in [6.07, 6.45) is 1.53. The number of carbonyl (C=O) groups is 2. The fraction of sp³-hybridized carbons (Fsp3) is 0.526. The summed E-state index contributed by atoms with van der Waals surface area (Å²) in [5.74, 6) is -0.174. The fourth-order valence-electron chi connectivity index (χ4n) is 3.15. The van der Waals surface area contributed by atoms with E-state index >= 15 is 0 Å². The monoisotopic (exact) mass is 328 g/mol. The summed E-state index contributed by atoms with van der Waals surface area (Å²) in [4.78, 5) is 28.8. The first-order valence-electron chi connectivity index (χ1n) is 8.21. The van der Waals surface area contributed by atoms with E-state index in [0.29, 0.717) is 17.7 Å². The molecule has 0 spiro atoms. The van der Waals surface area contributed by atoms with Gasteiger partial charge in [-0.2, -0.15) is 0 Å². The van der Waals surface area contributed by atoms with Crippen LogP contribution in [0.1, 0.15) is 52.5 Å². The first-order chi connectivity index (χ1) is 11.2. The van der Waals surface area contributed by atoms with E-state index in [1.807, 2.05) is 6.92 Å². The van der Waals surface area contributed by atoms with Gasteiger partial charge in [-0.15, -0.1) is 0 Å². The van der Waals surface area contributed by atoms with Crippen LogP contribution >= 0.6 is 0 Å². The quantitative estimate of drug-likeness (QED) is 0.821. The lowest BCUT2D eigenvalue weighted by molar-refractivity contribution is -0.132. The normalized spacial score (nSPS) is 24.1. The van der Waals surface area contributed by atoms with Gasteiger partial charge >= 0.3 is 6.09 Å². The van der Waals surface area contributed by atoms with E-state index in [2.05, 4.69) is 10.2 Å². The first-order valence-corrected chi connectivity index (χ1v) is 8.21. The van der Waals surface area contributed by atoms with Crippen LogP contribution in [0.15, 0.2) is 24.3 Å². The molecule has 128 valence electrons. The second-order valence-corrected chi connectivity index (χ2v) is 7.35. The van der Waals surface area contributed by atoms with Crippen molar-refractivity contribution in [2.24, 2.45) is 5.92 Å². The summed E-state index contributed by atoms with van der Waals surface area (Å²) >= 11 is 0. The molecule has 0 aliphatic heterocycles. The minimum Gasteiger partial charge on any atom is -0.444 e. The van der Waals surface area contributed by atoms with Gasteiger partial charge in [-0.25, -0.2) is 9.64 Å². The summed E-state index contributed by atoms with van der Waals surface area (Å²) in [6, 6.07) is 6.91. The lowest BCUT2D eigenvalue weighted by Gasteiger charge is -2.40. The average molecular weight is 328 g/mol. The minimum absolute atomic E-state index is 0.0262. The number of benzene rings is 1. The van der Waals surface area contributed by atoms with Gasteiger partial charge in [0.25, 0.3) is 0 Å². The molecule has 1 aromatic carbocycles. The molecular weight excluding hydrogens is 304 g/mol. The Morgan fingerprint density at radius 1 is 1.42 bits per heavy atom. The molecule has 0 radical (unpaired) electrons. The van der Waals surface area contributed by atoms with Gasteiger partial charge in [0.15, 0.2) is 11.5 Å². The maximum Gasteiger partial charge on any atom is 0.408 e. The molecule has 0 heterocycles. The third-order valence-electron chi connectivity index (χ3n) is 4.24. The highest BCUT2D eigenvalue weighted by atomic mass is 16.6. The maximum atomic E-state index is 13.0. The third-order valence-corrected chi connectivity index (χ3v) is 4.24. The number of ether oxygens (including phenoxy) is 1. The molecule has 5 nitrogen and oxygen atoms in total. The standard InChI is InChI=1S/C19H24N2O3/c1-13-8-7-11-19(16(13)22,21-17(23)24-18(2,3)4)14-9-6-10-15(12-14)20-5/h6,9-10,12-13H,7-8,11H2,1-4H3,(H,21,23)/t13?,19-/m1/s1. The number of alkyl carbamates (subject to hydrolysis) is 1. The van der Waals surface area contributed by atoms with Gasteiger partial charge in [-0.1, -0.05) is 31.2 Å². The predicted octanol–water partition coefficient (Wildman–Crippen LogP) is 4.35. The molecule has 1 aliphatic rings. The van der Waals surface area contributed by atoms with Crippen molar-refractivity contribution in [3.63, 3.8) is 0 Å². The summed E-state index contributed by atoms with van der Waals surface area (Å²) in [6.45, 7) is 14.4. The van der Waals surface area contributed by atoms with E-state index in [4.69, 9.17) is 11.3 Å². The number of amides is 1. The van der Waals surface area contributed by atoms with Gasteiger partial charge in [0, 0.05) is 5.92 Å². The van der Waals surface area contributed by atoms with Crippen LogP contribution < -0.4 is 5.32 Å². The molecule has 1 aromatic rings. The zero-order valence-electron chi connectivity index (χ0n) is 14.7. The lowest BCUT2D eigenvalue weighted by Crippen LogP contribution is -2.56. The zero-order valence-corrected chi connectivity index (χ0v) is 14.7. The van der Waals surface area contributed by atoms with Crippen LogP contribution in [-0.2, 0) is 15.1 Å².